The highest BCUT2D eigenvalue weighted by Gasteiger charge is 2.38. The van der Waals surface area contributed by atoms with Gasteiger partial charge in [-0.25, -0.2) is 4.79 Å². The van der Waals surface area contributed by atoms with E-state index < -0.39 is 5.97 Å². The summed E-state index contributed by atoms with van der Waals surface area (Å²) in [6.45, 7) is 5.59. The average Bonchev–Trinajstić information content (AvgIpc) is 3.29. The van der Waals surface area contributed by atoms with Crippen LogP contribution in [0.2, 0.25) is 10.0 Å². The lowest BCUT2D eigenvalue weighted by molar-refractivity contribution is -0.136. The molecular weight excluding hydrogens is 515 g/mol. The summed E-state index contributed by atoms with van der Waals surface area (Å²) in [5, 5.41) is 0.832. The Morgan fingerprint density at radius 3 is 1.97 bits per heavy atom. The zero-order valence-electron chi connectivity index (χ0n) is 21.3. The molecule has 2 aromatic carbocycles. The fraction of sp³-hybridized carbons (Fsp3) is 0.214. The maximum Gasteiger partial charge on any atom is 0.340 e. The van der Waals surface area contributed by atoms with Crippen molar-refractivity contribution in [3.05, 3.63) is 86.3 Å². The van der Waals surface area contributed by atoms with Gasteiger partial charge in [0.15, 0.2) is 0 Å². The van der Waals surface area contributed by atoms with Gasteiger partial charge in [0, 0.05) is 22.8 Å². The van der Waals surface area contributed by atoms with Crippen molar-refractivity contribution >= 4 is 46.8 Å². The van der Waals surface area contributed by atoms with Crippen LogP contribution in [0, 0.1) is 13.8 Å². The van der Waals surface area contributed by atoms with E-state index in [-0.39, 0.29) is 17.1 Å². The standard InChI is InChI=1S/C28H26Cl2N2O5/c1-15-11-18(16(2)31(15)19-7-9-24(35-4)22(29)13-19)12-21-26(28(34)37-6)17(3)32(27(21)33)20-8-10-25(36-5)23(30)14-20/h7-14H,1-6H3/b21-12-. The van der Waals surface area contributed by atoms with Crippen molar-refractivity contribution < 1.29 is 23.8 Å². The largest absolute Gasteiger partial charge is 0.495 e. The Bertz CT molecular complexity index is 1490. The number of hydrogen-bond acceptors (Lipinski definition) is 5. The Morgan fingerprint density at radius 2 is 1.43 bits per heavy atom. The van der Waals surface area contributed by atoms with Crippen LogP contribution in [0.15, 0.2) is 59.3 Å². The molecular formula is C28H26Cl2N2O5. The molecule has 3 aromatic rings. The lowest BCUT2D eigenvalue weighted by Gasteiger charge is -2.19. The fourth-order valence-electron chi connectivity index (χ4n) is 4.57. The minimum absolute atomic E-state index is 0.191. The van der Waals surface area contributed by atoms with Crippen LogP contribution in [0.1, 0.15) is 23.9 Å². The molecule has 1 amide bonds. The van der Waals surface area contributed by atoms with Gasteiger partial charge in [0.25, 0.3) is 5.91 Å². The van der Waals surface area contributed by atoms with E-state index in [1.54, 1.807) is 44.4 Å². The summed E-state index contributed by atoms with van der Waals surface area (Å²) in [5.74, 6) is 0.0916. The number of methoxy groups -OCH3 is 3. The molecule has 4 rings (SSSR count). The number of rotatable bonds is 6. The monoisotopic (exact) mass is 540 g/mol. The Balaban J connectivity index is 1.83. The molecule has 9 heteroatoms. The molecule has 0 saturated carbocycles. The molecule has 192 valence electrons. The summed E-state index contributed by atoms with van der Waals surface area (Å²) in [6, 6.07) is 12.5. The highest BCUT2D eigenvalue weighted by molar-refractivity contribution is 6.33. The van der Waals surface area contributed by atoms with Gasteiger partial charge in [-0.15, -0.1) is 0 Å². The van der Waals surface area contributed by atoms with Gasteiger partial charge in [-0.1, -0.05) is 23.2 Å². The molecule has 0 fully saturated rings. The summed E-state index contributed by atoms with van der Waals surface area (Å²) >= 11 is 12.7. The molecule has 0 unspecified atom stereocenters. The van der Waals surface area contributed by atoms with Crippen LogP contribution in [0.5, 0.6) is 11.5 Å². The highest BCUT2D eigenvalue weighted by atomic mass is 35.5. The lowest BCUT2D eigenvalue weighted by atomic mass is 10.0. The van der Waals surface area contributed by atoms with E-state index in [1.165, 1.54) is 19.1 Å². The highest BCUT2D eigenvalue weighted by Crippen LogP contribution is 2.39. The molecule has 2 heterocycles. The van der Waals surface area contributed by atoms with Gasteiger partial charge in [0.05, 0.1) is 48.2 Å². The van der Waals surface area contributed by atoms with Crippen molar-refractivity contribution in [1.29, 1.82) is 0 Å². The van der Waals surface area contributed by atoms with Crippen LogP contribution in [0.3, 0.4) is 0 Å². The third kappa shape index (κ3) is 4.61. The number of esters is 1. The van der Waals surface area contributed by atoms with Crippen molar-refractivity contribution in [2.75, 3.05) is 26.2 Å². The second kappa shape index (κ2) is 10.4. The number of allylic oxidation sites excluding steroid dienone is 1. The van der Waals surface area contributed by atoms with Crippen molar-refractivity contribution in [2.24, 2.45) is 0 Å². The zero-order valence-corrected chi connectivity index (χ0v) is 22.8. The summed E-state index contributed by atoms with van der Waals surface area (Å²) in [5.41, 5.74) is 4.79. The maximum atomic E-state index is 13.7. The Labute approximate surface area is 225 Å². The first kappa shape index (κ1) is 26.4. The van der Waals surface area contributed by atoms with Gasteiger partial charge in [0.1, 0.15) is 11.5 Å². The molecule has 0 N–H and O–H groups in total. The minimum Gasteiger partial charge on any atom is -0.495 e. The second-order valence-electron chi connectivity index (χ2n) is 8.45. The first-order valence-electron chi connectivity index (χ1n) is 11.3. The van der Waals surface area contributed by atoms with E-state index >= 15 is 0 Å². The number of benzene rings is 2. The Hall–Kier alpha value is -3.68. The average molecular weight is 541 g/mol. The van der Waals surface area contributed by atoms with E-state index in [2.05, 4.69) is 0 Å². The van der Waals surface area contributed by atoms with Gasteiger partial charge in [-0.05, 0) is 74.9 Å². The number of aromatic nitrogens is 1. The summed E-state index contributed by atoms with van der Waals surface area (Å²) in [6.07, 6.45) is 1.72. The minimum atomic E-state index is -0.602. The van der Waals surface area contributed by atoms with E-state index in [0.717, 1.165) is 22.6 Å². The number of carbonyl (C=O) groups is 2. The van der Waals surface area contributed by atoms with E-state index in [1.807, 2.05) is 36.6 Å². The lowest BCUT2D eigenvalue weighted by Crippen LogP contribution is -2.24. The molecule has 7 nitrogen and oxygen atoms in total. The summed E-state index contributed by atoms with van der Waals surface area (Å²) in [7, 11) is 4.37. The molecule has 0 spiro atoms. The van der Waals surface area contributed by atoms with E-state index in [0.29, 0.717) is 32.9 Å². The van der Waals surface area contributed by atoms with Gasteiger partial charge < -0.3 is 18.8 Å². The van der Waals surface area contributed by atoms with Crippen LogP contribution in [0.25, 0.3) is 11.8 Å². The van der Waals surface area contributed by atoms with E-state index in [9.17, 15) is 9.59 Å². The molecule has 0 radical (unpaired) electrons. The SMILES string of the molecule is COC(=O)C1=C(C)N(c2ccc(OC)c(Cl)c2)C(=O)/C1=C\c1cc(C)n(-c2ccc(OC)c(Cl)c2)c1C. The van der Waals surface area contributed by atoms with Crippen molar-refractivity contribution in [3.63, 3.8) is 0 Å². The third-order valence-corrected chi connectivity index (χ3v) is 6.94. The Morgan fingerprint density at radius 1 is 0.865 bits per heavy atom. The number of carbonyl (C=O) groups excluding carboxylic acids is 2. The van der Waals surface area contributed by atoms with Gasteiger partial charge in [0.2, 0.25) is 0 Å². The first-order valence-corrected chi connectivity index (χ1v) is 12.1. The number of nitrogens with zero attached hydrogens (tertiary/aromatic N) is 2. The molecule has 0 aliphatic carbocycles. The number of aryl methyl sites for hydroxylation is 1. The predicted molar refractivity (Wildman–Crippen MR) is 145 cm³/mol. The van der Waals surface area contributed by atoms with Gasteiger partial charge >= 0.3 is 5.97 Å². The maximum absolute atomic E-state index is 13.7. The second-order valence-corrected chi connectivity index (χ2v) is 9.26. The third-order valence-electron chi connectivity index (χ3n) is 6.35. The van der Waals surface area contributed by atoms with Crippen LogP contribution in [-0.2, 0) is 14.3 Å². The van der Waals surface area contributed by atoms with Crippen LogP contribution in [0.4, 0.5) is 5.69 Å². The van der Waals surface area contributed by atoms with Gasteiger partial charge in [-0.3, -0.25) is 9.69 Å². The number of amides is 1. The molecule has 1 aliphatic rings. The van der Waals surface area contributed by atoms with E-state index in [4.69, 9.17) is 37.4 Å². The first-order chi connectivity index (χ1) is 17.6. The van der Waals surface area contributed by atoms with Gasteiger partial charge in [-0.2, -0.15) is 0 Å². The molecule has 37 heavy (non-hydrogen) atoms. The fourth-order valence-corrected chi connectivity index (χ4v) is 5.07. The molecule has 0 atom stereocenters. The van der Waals surface area contributed by atoms with Crippen LogP contribution in [-0.4, -0.2) is 37.8 Å². The zero-order chi connectivity index (χ0) is 27.0. The Kier molecular flexibility index (Phi) is 7.39. The molecule has 0 saturated heterocycles. The number of hydrogen-bond donors (Lipinski definition) is 0. The summed E-state index contributed by atoms with van der Waals surface area (Å²) < 4.78 is 17.5. The summed E-state index contributed by atoms with van der Waals surface area (Å²) in [4.78, 5) is 28.0. The molecule has 0 bridgehead atoms. The van der Waals surface area contributed by atoms with Crippen molar-refractivity contribution in [3.8, 4) is 17.2 Å². The predicted octanol–water partition coefficient (Wildman–Crippen LogP) is 6.30. The van der Waals surface area contributed by atoms with Crippen LogP contribution >= 0.6 is 23.2 Å². The number of halogens is 2. The topological polar surface area (TPSA) is 70.0 Å². The number of anilines is 1. The van der Waals surface area contributed by atoms with Crippen LogP contribution < -0.4 is 14.4 Å². The number of ether oxygens (including phenoxy) is 3. The normalized spacial score (nSPS) is 14.5. The quantitative estimate of drug-likeness (QED) is 0.271. The molecule has 1 aromatic heterocycles. The van der Waals surface area contributed by atoms with Crippen molar-refractivity contribution in [1.82, 2.24) is 4.57 Å². The van der Waals surface area contributed by atoms with Crippen molar-refractivity contribution in [2.45, 2.75) is 20.8 Å². The molecule has 1 aliphatic heterocycles. The smallest absolute Gasteiger partial charge is 0.340 e.